The molecule has 2 aromatic rings. The summed E-state index contributed by atoms with van der Waals surface area (Å²) in [6, 6.07) is 1.84. The number of halogens is 1. The first-order chi connectivity index (χ1) is 5.36. The molecule has 2 aromatic heterocycles. The Hall–Kier alpha value is -1.03. The van der Waals surface area contributed by atoms with Crippen LogP contribution in [0.1, 0.15) is 0 Å². The molecule has 0 unspecified atom stereocenters. The highest BCUT2D eigenvalue weighted by molar-refractivity contribution is 9.10. The van der Waals surface area contributed by atoms with Crippen LogP contribution in [0.3, 0.4) is 0 Å². The second-order valence-corrected chi connectivity index (χ2v) is 2.86. The number of fused-ring (bicyclic) bond motifs is 1. The fourth-order valence-corrected chi connectivity index (χ4v) is 1.16. The first-order valence-electron chi connectivity index (χ1n) is 3.08. The van der Waals surface area contributed by atoms with E-state index >= 15 is 0 Å². The fraction of sp³-hybridized carbons (Fsp3) is 0. The van der Waals surface area contributed by atoms with E-state index in [1.54, 1.807) is 18.6 Å². The monoisotopic (exact) mass is 209 g/mol. The van der Waals surface area contributed by atoms with Crippen LogP contribution in [0.15, 0.2) is 29.3 Å². The smallest absolute Gasteiger partial charge is 0.108 e. The third-order valence-corrected chi connectivity index (χ3v) is 1.76. The molecule has 2 rings (SSSR count). The summed E-state index contributed by atoms with van der Waals surface area (Å²) in [5.74, 6) is 0. The van der Waals surface area contributed by atoms with Crippen LogP contribution in [-0.2, 0) is 0 Å². The second kappa shape index (κ2) is 2.54. The minimum absolute atomic E-state index is 0.783. The van der Waals surface area contributed by atoms with Crippen LogP contribution in [0.4, 0.5) is 0 Å². The maximum Gasteiger partial charge on any atom is 0.108 e. The van der Waals surface area contributed by atoms with Gasteiger partial charge >= 0.3 is 0 Å². The van der Waals surface area contributed by atoms with Crippen LogP contribution in [0.5, 0.6) is 0 Å². The van der Waals surface area contributed by atoms with E-state index < -0.39 is 0 Å². The topological polar surface area (TPSA) is 38.7 Å². The molecule has 0 radical (unpaired) electrons. The van der Waals surface area contributed by atoms with Crippen molar-refractivity contribution in [2.45, 2.75) is 0 Å². The summed E-state index contributed by atoms with van der Waals surface area (Å²) in [6.07, 6.45) is 5.00. The molecule has 54 valence electrons. The minimum atomic E-state index is 0.783. The quantitative estimate of drug-likeness (QED) is 0.622. The van der Waals surface area contributed by atoms with Crippen molar-refractivity contribution < 1.29 is 0 Å². The van der Waals surface area contributed by atoms with Gasteiger partial charge in [-0.05, 0) is 22.0 Å². The average Bonchev–Trinajstić information content (AvgIpc) is 2.04. The predicted octanol–water partition coefficient (Wildman–Crippen LogP) is 1.79. The van der Waals surface area contributed by atoms with Gasteiger partial charge in [0.2, 0.25) is 0 Å². The number of pyridine rings is 1. The van der Waals surface area contributed by atoms with Crippen LogP contribution in [0.2, 0.25) is 0 Å². The lowest BCUT2D eigenvalue weighted by atomic mass is 10.4. The summed E-state index contributed by atoms with van der Waals surface area (Å²) in [5, 5.41) is 0. The molecular weight excluding hydrogens is 206 g/mol. The van der Waals surface area contributed by atoms with Crippen LogP contribution in [-0.4, -0.2) is 15.0 Å². The zero-order valence-corrected chi connectivity index (χ0v) is 7.12. The van der Waals surface area contributed by atoms with Crippen molar-refractivity contribution in [3.8, 4) is 0 Å². The van der Waals surface area contributed by atoms with Crippen molar-refractivity contribution in [1.82, 2.24) is 15.0 Å². The van der Waals surface area contributed by atoms with Gasteiger partial charge in [-0.15, -0.1) is 0 Å². The Labute approximate surface area is 71.6 Å². The van der Waals surface area contributed by atoms with Gasteiger partial charge in [-0.1, -0.05) is 0 Å². The third-order valence-electron chi connectivity index (χ3n) is 1.32. The summed E-state index contributed by atoms with van der Waals surface area (Å²) in [5.41, 5.74) is 1.67. The highest BCUT2D eigenvalue weighted by Gasteiger charge is 1.94. The molecule has 0 saturated carbocycles. The Balaban J connectivity index is 2.83. The van der Waals surface area contributed by atoms with E-state index in [0.29, 0.717) is 0 Å². The number of aromatic nitrogens is 3. The normalized spacial score (nSPS) is 10.3. The number of hydrogen-bond acceptors (Lipinski definition) is 3. The Bertz CT molecular complexity index is 388. The molecule has 0 N–H and O–H groups in total. The molecule has 11 heavy (non-hydrogen) atoms. The summed E-state index contributed by atoms with van der Waals surface area (Å²) in [4.78, 5) is 12.2. The van der Waals surface area contributed by atoms with E-state index in [-0.39, 0.29) is 0 Å². The van der Waals surface area contributed by atoms with Crippen molar-refractivity contribution in [2.24, 2.45) is 0 Å². The highest BCUT2D eigenvalue weighted by Crippen LogP contribution is 2.11. The molecule has 4 heteroatoms. The van der Waals surface area contributed by atoms with Crippen LogP contribution in [0.25, 0.3) is 11.0 Å². The molecule has 0 aliphatic rings. The van der Waals surface area contributed by atoms with E-state index in [1.807, 2.05) is 6.07 Å². The molecular formula is C7H4BrN3. The van der Waals surface area contributed by atoms with Crippen molar-refractivity contribution >= 4 is 27.0 Å². The Morgan fingerprint density at radius 1 is 1.00 bits per heavy atom. The lowest BCUT2D eigenvalue weighted by Gasteiger charge is -1.93. The van der Waals surface area contributed by atoms with E-state index in [4.69, 9.17) is 0 Å². The molecule has 0 spiro atoms. The Morgan fingerprint density at radius 2 is 1.73 bits per heavy atom. The number of rotatable bonds is 0. The maximum absolute atomic E-state index is 4.11. The molecule has 0 saturated heterocycles. The second-order valence-electron chi connectivity index (χ2n) is 2.05. The number of nitrogens with zero attached hydrogens (tertiary/aromatic N) is 3. The molecule has 0 fully saturated rings. The van der Waals surface area contributed by atoms with Gasteiger partial charge in [0.1, 0.15) is 10.1 Å². The summed E-state index contributed by atoms with van der Waals surface area (Å²) >= 11 is 3.25. The van der Waals surface area contributed by atoms with Crippen molar-refractivity contribution in [3.05, 3.63) is 29.3 Å². The number of hydrogen-bond donors (Lipinski definition) is 0. The molecule has 0 aliphatic heterocycles. The van der Waals surface area contributed by atoms with E-state index in [1.165, 1.54) is 0 Å². The lowest BCUT2D eigenvalue weighted by molar-refractivity contribution is 1.23. The zero-order valence-electron chi connectivity index (χ0n) is 5.53. The van der Waals surface area contributed by atoms with E-state index in [2.05, 4.69) is 30.9 Å². The Kier molecular flexibility index (Phi) is 1.54. The summed E-state index contributed by atoms with van der Waals surface area (Å²) < 4.78 is 0.783. The summed E-state index contributed by atoms with van der Waals surface area (Å²) in [6.45, 7) is 0. The standard InChI is InChI=1S/C7H4BrN3/c8-7-3-5-6(4-11-7)10-2-1-9-5/h1-4H. The SMILES string of the molecule is Brc1cc2nccnc2cn1. The largest absolute Gasteiger partial charge is 0.253 e. The van der Waals surface area contributed by atoms with E-state index in [9.17, 15) is 0 Å². The molecule has 3 nitrogen and oxygen atoms in total. The van der Waals surface area contributed by atoms with Crippen molar-refractivity contribution in [2.75, 3.05) is 0 Å². The van der Waals surface area contributed by atoms with Crippen molar-refractivity contribution in [3.63, 3.8) is 0 Å². The van der Waals surface area contributed by atoms with Crippen LogP contribution in [0, 0.1) is 0 Å². The van der Waals surface area contributed by atoms with Gasteiger partial charge in [-0.25, -0.2) is 4.98 Å². The van der Waals surface area contributed by atoms with Gasteiger partial charge in [0, 0.05) is 12.4 Å². The minimum Gasteiger partial charge on any atom is -0.253 e. The first kappa shape index (κ1) is 6.67. The average molecular weight is 210 g/mol. The molecule has 0 aliphatic carbocycles. The molecule has 0 aromatic carbocycles. The third kappa shape index (κ3) is 1.21. The fourth-order valence-electron chi connectivity index (χ4n) is 0.843. The van der Waals surface area contributed by atoms with Gasteiger partial charge in [0.15, 0.2) is 0 Å². The summed E-state index contributed by atoms with van der Waals surface area (Å²) in [7, 11) is 0. The first-order valence-corrected chi connectivity index (χ1v) is 3.88. The lowest BCUT2D eigenvalue weighted by Crippen LogP contribution is -1.83. The predicted molar refractivity (Wildman–Crippen MR) is 45.0 cm³/mol. The van der Waals surface area contributed by atoms with Gasteiger partial charge in [-0.2, -0.15) is 0 Å². The highest BCUT2D eigenvalue weighted by atomic mass is 79.9. The molecule has 0 amide bonds. The molecule has 2 heterocycles. The molecule has 0 atom stereocenters. The maximum atomic E-state index is 4.11. The van der Waals surface area contributed by atoms with Crippen LogP contribution < -0.4 is 0 Å². The molecule has 0 bridgehead atoms. The van der Waals surface area contributed by atoms with Gasteiger partial charge in [-0.3, -0.25) is 9.97 Å². The van der Waals surface area contributed by atoms with Crippen LogP contribution >= 0.6 is 15.9 Å². The zero-order chi connectivity index (χ0) is 7.68. The van der Waals surface area contributed by atoms with E-state index in [0.717, 1.165) is 15.6 Å². The van der Waals surface area contributed by atoms with Gasteiger partial charge < -0.3 is 0 Å². The van der Waals surface area contributed by atoms with Gasteiger partial charge in [0.25, 0.3) is 0 Å². The Morgan fingerprint density at radius 3 is 2.55 bits per heavy atom. The van der Waals surface area contributed by atoms with Crippen molar-refractivity contribution in [1.29, 1.82) is 0 Å². The van der Waals surface area contributed by atoms with Gasteiger partial charge in [0.05, 0.1) is 11.7 Å².